The van der Waals surface area contributed by atoms with Crippen molar-refractivity contribution in [1.82, 2.24) is 0 Å². The Balaban J connectivity index is 1.08. The van der Waals surface area contributed by atoms with Gasteiger partial charge in [0.05, 0.1) is 13.2 Å². The van der Waals surface area contributed by atoms with Gasteiger partial charge in [-0.15, -0.1) is 0 Å². The van der Waals surface area contributed by atoms with Crippen LogP contribution in [0.3, 0.4) is 0 Å². The number of allylic oxidation sites excluding steroid dienone is 4. The van der Waals surface area contributed by atoms with Gasteiger partial charge in [-0.05, 0) is 98.7 Å². The van der Waals surface area contributed by atoms with Crippen LogP contribution in [0.25, 0.3) is 0 Å². The molecule has 0 amide bonds. The SMILES string of the molecule is CCCCCCC[C@H]1CC[C@H](C2([C@]3(CCCCCCC)C=C[C@@H](COC[C@H]4C=C[C@](CCCCCCC)(C5([C@H]6CC[C@H](CCCCCCC)CC6)CCCCC5)C=C4)C=C3)CCCCC2)CC1. The maximum Gasteiger partial charge on any atom is 0.0563 e. The first-order valence-corrected chi connectivity index (χ1v) is 31.3. The largest absolute Gasteiger partial charge is 0.380 e. The number of rotatable bonds is 32. The van der Waals surface area contributed by atoms with Crippen LogP contribution < -0.4 is 0 Å². The predicted octanol–water partition coefficient (Wildman–Crippen LogP) is 21.4. The lowest BCUT2D eigenvalue weighted by Crippen LogP contribution is -2.48. The summed E-state index contributed by atoms with van der Waals surface area (Å²) in [4.78, 5) is 0. The molecule has 0 N–H and O–H groups in total. The monoisotopic (exact) mass is 923 g/mol. The van der Waals surface area contributed by atoms with Crippen molar-refractivity contribution < 1.29 is 4.74 Å². The molecule has 0 saturated heterocycles. The van der Waals surface area contributed by atoms with Crippen LogP contribution in [0.4, 0.5) is 0 Å². The normalized spacial score (nSPS) is 31.6. The third-order valence-corrected chi connectivity index (χ3v) is 20.6. The van der Waals surface area contributed by atoms with Crippen LogP contribution in [0, 0.1) is 57.2 Å². The number of hydrogen-bond acceptors (Lipinski definition) is 1. The van der Waals surface area contributed by atoms with E-state index in [1.807, 2.05) is 0 Å². The highest BCUT2D eigenvalue weighted by molar-refractivity contribution is 5.29. The van der Waals surface area contributed by atoms with Crippen LogP contribution in [0.1, 0.15) is 297 Å². The lowest BCUT2D eigenvalue weighted by atomic mass is 9.47. The Morgan fingerprint density at radius 2 is 0.672 bits per heavy atom. The molecule has 6 rings (SSSR count). The minimum absolute atomic E-state index is 0.241. The van der Waals surface area contributed by atoms with E-state index >= 15 is 0 Å². The molecule has 0 unspecified atom stereocenters. The van der Waals surface area contributed by atoms with Gasteiger partial charge in [0.15, 0.2) is 0 Å². The summed E-state index contributed by atoms with van der Waals surface area (Å²) in [6.07, 6.45) is 82.6. The molecule has 0 aromatic heterocycles. The van der Waals surface area contributed by atoms with Crippen molar-refractivity contribution in [2.45, 2.75) is 297 Å². The average Bonchev–Trinajstić information content (AvgIpc) is 3.38. The highest BCUT2D eigenvalue weighted by Crippen LogP contribution is 2.64. The fraction of sp³-hybridized carbons (Fsp3) is 0.879. The molecule has 6 aliphatic carbocycles. The van der Waals surface area contributed by atoms with Gasteiger partial charge in [0.1, 0.15) is 0 Å². The summed E-state index contributed by atoms with van der Waals surface area (Å²) in [5.41, 5.74) is 1.41. The second-order valence-electron chi connectivity index (χ2n) is 25.0. The number of ether oxygens (including phenoxy) is 1. The van der Waals surface area contributed by atoms with Crippen LogP contribution in [-0.4, -0.2) is 13.2 Å². The molecule has 1 nitrogen and oxygen atoms in total. The predicted molar refractivity (Wildman–Crippen MR) is 295 cm³/mol. The molecule has 1 heteroatoms. The quantitative estimate of drug-likeness (QED) is 0.0483. The van der Waals surface area contributed by atoms with Crippen molar-refractivity contribution in [2.24, 2.45) is 57.2 Å². The Kier molecular flexibility index (Phi) is 24.8. The molecule has 4 saturated carbocycles. The van der Waals surface area contributed by atoms with Crippen molar-refractivity contribution in [1.29, 1.82) is 0 Å². The summed E-state index contributed by atoms with van der Waals surface area (Å²) < 4.78 is 6.80. The van der Waals surface area contributed by atoms with E-state index in [2.05, 4.69) is 76.3 Å². The van der Waals surface area contributed by atoms with Crippen LogP contribution in [0.5, 0.6) is 0 Å². The van der Waals surface area contributed by atoms with Crippen molar-refractivity contribution in [3.05, 3.63) is 48.6 Å². The number of unbranched alkanes of at least 4 members (excludes halogenated alkanes) is 16. The maximum absolute atomic E-state index is 6.80. The summed E-state index contributed by atoms with van der Waals surface area (Å²) >= 11 is 0. The Labute approximate surface area is 419 Å². The van der Waals surface area contributed by atoms with E-state index in [-0.39, 0.29) is 10.8 Å². The molecule has 0 aliphatic heterocycles. The molecule has 6 aliphatic rings. The van der Waals surface area contributed by atoms with E-state index in [1.165, 1.54) is 270 Å². The van der Waals surface area contributed by atoms with Crippen LogP contribution in [-0.2, 0) is 4.74 Å². The number of hydrogen-bond donors (Lipinski definition) is 0. The van der Waals surface area contributed by atoms with Gasteiger partial charge >= 0.3 is 0 Å². The molecular formula is C66H114O. The summed E-state index contributed by atoms with van der Waals surface area (Å²) in [5, 5.41) is 0. The maximum atomic E-state index is 6.80. The van der Waals surface area contributed by atoms with Crippen molar-refractivity contribution in [3.63, 3.8) is 0 Å². The summed E-state index contributed by atoms with van der Waals surface area (Å²) in [6.45, 7) is 11.1. The first-order chi connectivity index (χ1) is 33.0. The summed E-state index contributed by atoms with van der Waals surface area (Å²) in [7, 11) is 0. The van der Waals surface area contributed by atoms with Crippen molar-refractivity contribution in [2.75, 3.05) is 13.2 Å². The zero-order chi connectivity index (χ0) is 46.9. The van der Waals surface area contributed by atoms with Crippen molar-refractivity contribution in [3.8, 4) is 0 Å². The van der Waals surface area contributed by atoms with E-state index in [9.17, 15) is 0 Å². The molecule has 0 spiro atoms. The molecule has 0 atom stereocenters. The smallest absolute Gasteiger partial charge is 0.0563 e. The first-order valence-electron chi connectivity index (χ1n) is 31.3. The Bertz CT molecular complexity index is 1260. The molecule has 0 bridgehead atoms. The van der Waals surface area contributed by atoms with Gasteiger partial charge in [-0.3, -0.25) is 0 Å². The second kappa shape index (κ2) is 30.1. The Morgan fingerprint density at radius 1 is 0.358 bits per heavy atom. The fourth-order valence-electron chi connectivity index (χ4n) is 16.5. The standard InChI is InChI=1S/C66H114O/c1-5-9-13-17-23-31-57-33-37-61(38-34-57)65(47-27-21-28-48-65)63(45-25-19-15-11-7-3)51-41-59(42-52-63)55-67-56-60-43-53-64(54-44-60,46-26-20-16-12-8-4)66(49-29-22-30-50-66)62-39-35-58(36-40-62)32-24-18-14-10-6-2/h41-44,51-54,57-62H,5-40,45-50,55-56H2,1-4H3/t57-,58-,59-,60-,61-,62-,63-,64-. The molecule has 0 radical (unpaired) electrons. The third-order valence-electron chi connectivity index (χ3n) is 20.6. The highest BCUT2D eigenvalue weighted by Gasteiger charge is 2.55. The Morgan fingerprint density at radius 3 is 1.00 bits per heavy atom. The van der Waals surface area contributed by atoms with Crippen molar-refractivity contribution >= 4 is 0 Å². The van der Waals surface area contributed by atoms with Crippen LogP contribution in [0.15, 0.2) is 48.6 Å². The molecule has 67 heavy (non-hydrogen) atoms. The Hall–Kier alpha value is -1.08. The van der Waals surface area contributed by atoms with Gasteiger partial charge in [0, 0.05) is 22.7 Å². The average molecular weight is 924 g/mol. The van der Waals surface area contributed by atoms with Gasteiger partial charge in [-0.1, -0.05) is 282 Å². The van der Waals surface area contributed by atoms with E-state index in [4.69, 9.17) is 4.74 Å². The van der Waals surface area contributed by atoms with Gasteiger partial charge in [-0.25, -0.2) is 0 Å². The highest BCUT2D eigenvalue weighted by atomic mass is 16.5. The van der Waals surface area contributed by atoms with Gasteiger partial charge < -0.3 is 4.74 Å². The summed E-state index contributed by atoms with van der Waals surface area (Å²) in [6, 6.07) is 0. The zero-order valence-electron chi connectivity index (χ0n) is 45.6. The lowest BCUT2D eigenvalue weighted by Gasteiger charge is -2.57. The summed E-state index contributed by atoms with van der Waals surface area (Å²) in [5.74, 6) is 4.62. The molecule has 0 heterocycles. The van der Waals surface area contributed by atoms with Gasteiger partial charge in [-0.2, -0.15) is 0 Å². The minimum Gasteiger partial charge on any atom is -0.380 e. The first kappa shape index (κ1) is 55.2. The zero-order valence-corrected chi connectivity index (χ0v) is 45.6. The molecule has 384 valence electrons. The fourth-order valence-corrected chi connectivity index (χ4v) is 16.5. The van der Waals surface area contributed by atoms with Crippen LogP contribution in [0.2, 0.25) is 0 Å². The van der Waals surface area contributed by atoms with E-state index in [0.717, 1.165) is 36.9 Å². The van der Waals surface area contributed by atoms with Crippen LogP contribution >= 0.6 is 0 Å². The van der Waals surface area contributed by atoms with E-state index < -0.39 is 0 Å². The topological polar surface area (TPSA) is 9.23 Å². The third kappa shape index (κ3) is 15.5. The molecule has 4 fully saturated rings. The molecule has 0 aromatic carbocycles. The second-order valence-corrected chi connectivity index (χ2v) is 25.0. The minimum atomic E-state index is 0.241. The van der Waals surface area contributed by atoms with E-state index in [0.29, 0.717) is 22.7 Å². The molecule has 0 aromatic rings. The van der Waals surface area contributed by atoms with Gasteiger partial charge in [0.2, 0.25) is 0 Å². The van der Waals surface area contributed by atoms with E-state index in [1.54, 1.807) is 0 Å². The molecular weight excluding hydrogens is 809 g/mol. The lowest BCUT2D eigenvalue weighted by molar-refractivity contribution is -0.0296. The van der Waals surface area contributed by atoms with Gasteiger partial charge in [0.25, 0.3) is 0 Å².